The second-order valence-electron chi connectivity index (χ2n) is 10.4. The van der Waals surface area contributed by atoms with Crippen LogP contribution >= 0.6 is 0 Å². The van der Waals surface area contributed by atoms with Crippen LogP contribution in [0.1, 0.15) is 44.4 Å². The molecule has 0 aliphatic carbocycles. The number of H-pyrrole nitrogens is 2. The summed E-state index contributed by atoms with van der Waals surface area (Å²) in [7, 11) is 0. The molecule has 4 rings (SSSR count). The number of para-hydroxylation sites is 1. The van der Waals surface area contributed by atoms with Gasteiger partial charge in [0.05, 0.1) is 12.4 Å². The van der Waals surface area contributed by atoms with E-state index in [4.69, 9.17) is 5.73 Å². The van der Waals surface area contributed by atoms with Gasteiger partial charge in [0, 0.05) is 42.0 Å². The minimum atomic E-state index is -1.19. The summed E-state index contributed by atoms with van der Waals surface area (Å²) in [4.78, 5) is 63.2. The number of carbonyl (C=O) groups excluding carboxylic acids is 3. The van der Waals surface area contributed by atoms with Crippen molar-refractivity contribution in [2.75, 3.05) is 6.54 Å². The predicted molar refractivity (Wildman–Crippen MR) is 148 cm³/mol. The van der Waals surface area contributed by atoms with Crippen molar-refractivity contribution >= 4 is 34.6 Å². The van der Waals surface area contributed by atoms with Crippen LogP contribution in [0.3, 0.4) is 0 Å². The van der Waals surface area contributed by atoms with Crippen LogP contribution in [-0.2, 0) is 32.0 Å². The van der Waals surface area contributed by atoms with Crippen molar-refractivity contribution in [2.45, 2.75) is 70.1 Å². The molecule has 3 aromatic rings. The van der Waals surface area contributed by atoms with Crippen LogP contribution in [0.5, 0.6) is 0 Å². The number of likely N-dealkylation sites (tertiary alicyclic amines) is 1. The van der Waals surface area contributed by atoms with Crippen molar-refractivity contribution in [2.24, 2.45) is 11.7 Å². The van der Waals surface area contributed by atoms with Gasteiger partial charge in [0.1, 0.15) is 18.1 Å². The highest BCUT2D eigenvalue weighted by atomic mass is 16.4. The molecule has 1 fully saturated rings. The first kappa shape index (κ1) is 28.8. The number of amides is 3. The van der Waals surface area contributed by atoms with E-state index in [9.17, 15) is 24.3 Å². The molecule has 0 saturated carbocycles. The zero-order valence-corrected chi connectivity index (χ0v) is 22.7. The second kappa shape index (κ2) is 12.8. The van der Waals surface area contributed by atoms with Gasteiger partial charge in [0.15, 0.2) is 0 Å². The van der Waals surface area contributed by atoms with Crippen LogP contribution in [0.4, 0.5) is 0 Å². The number of rotatable bonds is 12. The van der Waals surface area contributed by atoms with E-state index < -0.39 is 42.0 Å². The number of carboxylic acid groups (broad SMARTS) is 1. The second-order valence-corrected chi connectivity index (χ2v) is 10.4. The van der Waals surface area contributed by atoms with Crippen molar-refractivity contribution < 1.29 is 24.3 Å². The number of hydrogen-bond donors (Lipinski definition) is 6. The third-order valence-electron chi connectivity index (χ3n) is 7.66. The Labute approximate surface area is 232 Å². The third-order valence-corrected chi connectivity index (χ3v) is 7.66. The summed E-state index contributed by atoms with van der Waals surface area (Å²) < 4.78 is 0. The molecule has 5 unspecified atom stereocenters. The lowest BCUT2D eigenvalue weighted by Gasteiger charge is -2.32. The number of carboxylic acids is 1. The summed E-state index contributed by atoms with van der Waals surface area (Å²) in [5.41, 5.74) is 8.70. The highest BCUT2D eigenvalue weighted by Gasteiger charge is 2.40. The average molecular weight is 552 g/mol. The lowest BCUT2D eigenvalue weighted by atomic mass is 9.96. The van der Waals surface area contributed by atoms with Crippen LogP contribution in [0.2, 0.25) is 0 Å². The number of imidazole rings is 1. The zero-order valence-electron chi connectivity index (χ0n) is 22.7. The van der Waals surface area contributed by atoms with E-state index in [0.717, 1.165) is 16.5 Å². The summed E-state index contributed by atoms with van der Waals surface area (Å²) in [5, 5.41) is 16.0. The Kier molecular flexibility index (Phi) is 9.20. The zero-order chi connectivity index (χ0) is 28.8. The third kappa shape index (κ3) is 6.50. The van der Waals surface area contributed by atoms with E-state index in [1.54, 1.807) is 0 Å². The fraction of sp³-hybridized carbons (Fsp3) is 0.464. The summed E-state index contributed by atoms with van der Waals surface area (Å²) >= 11 is 0. The minimum Gasteiger partial charge on any atom is -0.480 e. The molecule has 3 heterocycles. The topological polar surface area (TPSA) is 186 Å². The van der Waals surface area contributed by atoms with Crippen molar-refractivity contribution in [1.82, 2.24) is 30.5 Å². The summed E-state index contributed by atoms with van der Waals surface area (Å²) in [6.45, 7) is 4.12. The van der Waals surface area contributed by atoms with Crippen LogP contribution in [0.25, 0.3) is 10.9 Å². The van der Waals surface area contributed by atoms with Gasteiger partial charge in [-0.1, -0.05) is 38.5 Å². The maximum atomic E-state index is 13.7. The van der Waals surface area contributed by atoms with Gasteiger partial charge in [0.2, 0.25) is 17.7 Å². The van der Waals surface area contributed by atoms with Gasteiger partial charge in [-0.3, -0.25) is 14.4 Å². The maximum absolute atomic E-state index is 13.7. The molecule has 3 amide bonds. The fourth-order valence-corrected chi connectivity index (χ4v) is 5.14. The molecule has 0 bridgehead atoms. The number of carbonyl (C=O) groups is 4. The summed E-state index contributed by atoms with van der Waals surface area (Å²) in [6.07, 6.45) is 6.68. The Bertz CT molecular complexity index is 1340. The SMILES string of the molecule is CCC(C)C(NC(=O)C(N)Cc1c[nH]c2ccccc12)C(=O)N1CCCC1C(=O)NC(Cc1cnc[nH]1)C(=O)O. The van der Waals surface area contributed by atoms with Gasteiger partial charge in [-0.25, -0.2) is 9.78 Å². The highest BCUT2D eigenvalue weighted by molar-refractivity contribution is 5.95. The standard InChI is InChI=1S/C28H37N7O5/c1-3-16(2)24(34-25(36)20(29)11-17-13-31-21-8-5-4-7-19(17)21)27(38)35-10-6-9-23(35)26(37)33-22(28(39)40)12-18-14-30-15-32-18/h4-5,7-8,13-16,20,22-24,31H,3,6,9-12,29H2,1-2H3,(H,30,32)(H,33,37)(H,34,36)(H,39,40). The van der Waals surface area contributed by atoms with Crippen molar-refractivity contribution in [1.29, 1.82) is 0 Å². The normalized spacial score (nSPS) is 18.2. The van der Waals surface area contributed by atoms with Crippen LogP contribution in [0.15, 0.2) is 43.0 Å². The minimum absolute atomic E-state index is 0.0294. The number of hydrogen-bond acceptors (Lipinski definition) is 6. The number of aromatic nitrogens is 3. The van der Waals surface area contributed by atoms with Gasteiger partial charge in [-0.05, 0) is 36.8 Å². The van der Waals surface area contributed by atoms with Crippen LogP contribution in [-0.4, -0.2) is 79.4 Å². The number of fused-ring (bicyclic) bond motifs is 1. The molecule has 214 valence electrons. The van der Waals surface area contributed by atoms with Gasteiger partial charge in [-0.15, -0.1) is 0 Å². The predicted octanol–water partition coefficient (Wildman–Crippen LogP) is 1.09. The smallest absolute Gasteiger partial charge is 0.326 e. The maximum Gasteiger partial charge on any atom is 0.326 e. The Morgan fingerprint density at radius 1 is 1.18 bits per heavy atom. The fourth-order valence-electron chi connectivity index (χ4n) is 5.14. The molecular weight excluding hydrogens is 514 g/mol. The number of benzene rings is 1. The first-order valence-electron chi connectivity index (χ1n) is 13.6. The van der Waals surface area contributed by atoms with E-state index in [1.165, 1.54) is 17.4 Å². The van der Waals surface area contributed by atoms with Gasteiger partial charge >= 0.3 is 5.97 Å². The molecule has 1 aliphatic rings. The molecule has 0 spiro atoms. The van der Waals surface area contributed by atoms with Gasteiger partial charge in [-0.2, -0.15) is 0 Å². The molecule has 1 aromatic carbocycles. The highest BCUT2D eigenvalue weighted by Crippen LogP contribution is 2.23. The number of nitrogens with two attached hydrogens (primary N) is 1. The Morgan fingerprint density at radius 2 is 1.95 bits per heavy atom. The molecule has 7 N–H and O–H groups in total. The molecule has 1 saturated heterocycles. The lowest BCUT2D eigenvalue weighted by molar-refractivity contribution is -0.145. The number of nitrogens with one attached hydrogen (secondary N) is 4. The van der Waals surface area contributed by atoms with Crippen LogP contribution in [0, 0.1) is 5.92 Å². The summed E-state index contributed by atoms with van der Waals surface area (Å²) in [6, 6.07) is 3.97. The molecule has 1 aliphatic heterocycles. The van der Waals surface area contributed by atoms with Gasteiger partial charge < -0.3 is 36.3 Å². The van der Waals surface area contributed by atoms with Crippen molar-refractivity contribution in [3.8, 4) is 0 Å². The van der Waals surface area contributed by atoms with E-state index in [-0.39, 0.29) is 18.2 Å². The number of nitrogens with zero attached hydrogens (tertiary/aromatic N) is 2. The quantitative estimate of drug-likeness (QED) is 0.194. The molecule has 40 heavy (non-hydrogen) atoms. The van der Waals surface area contributed by atoms with E-state index in [2.05, 4.69) is 25.6 Å². The Balaban J connectivity index is 1.43. The Morgan fingerprint density at radius 3 is 2.65 bits per heavy atom. The average Bonchev–Trinajstić information content (AvgIpc) is 3.72. The lowest BCUT2D eigenvalue weighted by Crippen LogP contribution is -2.58. The monoisotopic (exact) mass is 551 g/mol. The molecule has 5 atom stereocenters. The van der Waals surface area contributed by atoms with Crippen molar-refractivity contribution in [3.63, 3.8) is 0 Å². The first-order valence-corrected chi connectivity index (χ1v) is 13.6. The summed E-state index contributed by atoms with van der Waals surface area (Å²) in [5.74, 6) is -2.77. The van der Waals surface area contributed by atoms with Gasteiger partial charge in [0.25, 0.3) is 0 Å². The largest absolute Gasteiger partial charge is 0.480 e. The molecule has 12 nitrogen and oxygen atoms in total. The Hall–Kier alpha value is -4.19. The molecule has 2 aromatic heterocycles. The van der Waals surface area contributed by atoms with Crippen LogP contribution < -0.4 is 16.4 Å². The van der Waals surface area contributed by atoms with E-state index in [1.807, 2.05) is 44.3 Å². The molecular formula is C28H37N7O5. The number of aromatic amines is 2. The van der Waals surface area contributed by atoms with Crippen molar-refractivity contribution in [3.05, 3.63) is 54.2 Å². The molecule has 0 radical (unpaired) electrons. The first-order chi connectivity index (χ1) is 19.2. The number of aliphatic carboxylic acids is 1. The van der Waals surface area contributed by atoms with E-state index in [0.29, 0.717) is 37.9 Å². The molecule has 12 heteroatoms. The van der Waals surface area contributed by atoms with E-state index >= 15 is 0 Å².